The molecule has 0 N–H and O–H groups in total. The summed E-state index contributed by atoms with van der Waals surface area (Å²) < 4.78 is 10.8. The topological polar surface area (TPSA) is 35.5 Å². The van der Waals surface area contributed by atoms with E-state index in [1.165, 1.54) is 16.7 Å². The lowest BCUT2D eigenvalue weighted by molar-refractivity contribution is -0.116. The number of carbonyl (C=O) groups excluding carboxylic acids is 1. The minimum absolute atomic E-state index is 0.129. The van der Waals surface area contributed by atoms with Gasteiger partial charge in [0.25, 0.3) is 0 Å². The Morgan fingerprint density at radius 1 is 0.511 bits per heavy atom. The minimum Gasteiger partial charge on any atom is -0.379 e. The third-order valence-electron chi connectivity index (χ3n) is 7.18. The summed E-state index contributed by atoms with van der Waals surface area (Å²) in [5.74, 6) is 0.155. The Bertz CT molecular complexity index is 1290. The Kier molecular flexibility index (Phi) is 21.1. The number of hydrogen-bond acceptors (Lipinski definition) is 3. The van der Waals surface area contributed by atoms with Crippen molar-refractivity contribution in [1.29, 1.82) is 0 Å². The number of hydrogen-bond donors (Lipinski definition) is 0. The van der Waals surface area contributed by atoms with E-state index in [0.717, 1.165) is 23.1 Å². The van der Waals surface area contributed by atoms with E-state index in [2.05, 4.69) is 127 Å². The molecule has 0 aliphatic carbocycles. The molecule has 0 aromatic carbocycles. The fraction of sp³-hybridized carbons (Fsp3) is 0.405. The van der Waals surface area contributed by atoms with Crippen molar-refractivity contribution in [3.05, 3.63) is 143 Å². The van der Waals surface area contributed by atoms with E-state index >= 15 is 0 Å². The van der Waals surface area contributed by atoms with E-state index in [9.17, 15) is 4.79 Å². The van der Waals surface area contributed by atoms with Crippen molar-refractivity contribution in [2.24, 2.45) is 0 Å². The molecule has 3 heteroatoms. The van der Waals surface area contributed by atoms with Crippen LogP contribution in [0.25, 0.3) is 0 Å². The Morgan fingerprint density at radius 3 is 1.27 bits per heavy atom. The van der Waals surface area contributed by atoms with Crippen LogP contribution in [0.4, 0.5) is 0 Å². The van der Waals surface area contributed by atoms with Gasteiger partial charge in [0.1, 0.15) is 0 Å². The molecule has 0 aliphatic rings. The second-order valence-corrected chi connectivity index (χ2v) is 12.7. The zero-order valence-corrected chi connectivity index (χ0v) is 30.2. The first-order valence-corrected chi connectivity index (χ1v) is 15.8. The summed E-state index contributed by atoms with van der Waals surface area (Å²) in [6, 6.07) is 0. The molecular formula is C42H60O3. The normalized spacial score (nSPS) is 15.9. The van der Waals surface area contributed by atoms with Crippen LogP contribution in [-0.4, -0.2) is 31.2 Å². The first kappa shape index (κ1) is 41.5. The monoisotopic (exact) mass is 612 g/mol. The smallest absolute Gasteiger partial charge is 0.158 e. The largest absolute Gasteiger partial charge is 0.379 e. The van der Waals surface area contributed by atoms with Crippen molar-refractivity contribution in [3.63, 3.8) is 0 Å². The summed E-state index contributed by atoms with van der Waals surface area (Å²) in [5.41, 5.74) is 6.19. The first-order chi connectivity index (χ1) is 21.1. The van der Waals surface area contributed by atoms with Gasteiger partial charge in [0.05, 0.1) is 11.2 Å². The van der Waals surface area contributed by atoms with Gasteiger partial charge in [-0.3, -0.25) is 4.79 Å². The summed E-state index contributed by atoms with van der Waals surface area (Å²) in [7, 11) is 3.43. The minimum atomic E-state index is -0.277. The molecule has 0 radical (unpaired) electrons. The summed E-state index contributed by atoms with van der Waals surface area (Å²) in [6.45, 7) is 20.5. The second-order valence-electron chi connectivity index (χ2n) is 12.7. The average molecular weight is 613 g/mol. The van der Waals surface area contributed by atoms with Crippen molar-refractivity contribution < 1.29 is 14.3 Å². The van der Waals surface area contributed by atoms with Crippen molar-refractivity contribution in [2.45, 2.75) is 99.7 Å². The van der Waals surface area contributed by atoms with Crippen molar-refractivity contribution in [3.8, 4) is 0 Å². The fourth-order valence-corrected chi connectivity index (χ4v) is 3.51. The van der Waals surface area contributed by atoms with Gasteiger partial charge in [-0.2, -0.15) is 0 Å². The zero-order valence-electron chi connectivity index (χ0n) is 30.2. The summed E-state index contributed by atoms with van der Waals surface area (Å²) in [4.78, 5) is 12.3. The summed E-state index contributed by atoms with van der Waals surface area (Å²) in [5, 5.41) is 0. The van der Waals surface area contributed by atoms with Crippen LogP contribution in [0, 0.1) is 0 Å². The lowest BCUT2D eigenvalue weighted by Gasteiger charge is -2.22. The molecule has 0 fully saturated rings. The maximum absolute atomic E-state index is 12.3. The fourth-order valence-electron chi connectivity index (χ4n) is 3.51. The molecule has 0 heterocycles. The molecule has 0 atom stereocenters. The lowest BCUT2D eigenvalue weighted by Crippen LogP contribution is -2.23. The number of allylic oxidation sites excluding steroid dienone is 23. The van der Waals surface area contributed by atoms with E-state index in [1.54, 1.807) is 14.2 Å². The van der Waals surface area contributed by atoms with E-state index in [-0.39, 0.29) is 17.0 Å². The van der Waals surface area contributed by atoms with Crippen LogP contribution in [0.15, 0.2) is 143 Å². The molecule has 0 saturated carbocycles. The van der Waals surface area contributed by atoms with Gasteiger partial charge in [-0.25, -0.2) is 0 Å². The van der Waals surface area contributed by atoms with E-state index in [1.807, 2.05) is 52.0 Å². The average Bonchev–Trinajstić information content (AvgIpc) is 2.98. The molecule has 0 aromatic heterocycles. The number of rotatable bonds is 19. The second kappa shape index (κ2) is 22.9. The van der Waals surface area contributed by atoms with Gasteiger partial charge >= 0.3 is 0 Å². The molecule has 246 valence electrons. The molecular weight excluding hydrogens is 552 g/mol. The van der Waals surface area contributed by atoms with Gasteiger partial charge in [-0.05, 0) is 87.7 Å². The van der Waals surface area contributed by atoms with Crippen LogP contribution in [-0.2, 0) is 14.3 Å². The van der Waals surface area contributed by atoms with Gasteiger partial charge in [-0.1, -0.05) is 137 Å². The highest BCUT2D eigenvalue weighted by Gasteiger charge is 2.18. The van der Waals surface area contributed by atoms with Crippen molar-refractivity contribution >= 4 is 5.78 Å². The number of Topliss-reactive ketones (excluding diaryl/α,β-unsaturated/α-hetero) is 1. The third kappa shape index (κ3) is 23.5. The van der Waals surface area contributed by atoms with Gasteiger partial charge in [0.2, 0.25) is 0 Å². The van der Waals surface area contributed by atoms with Gasteiger partial charge < -0.3 is 9.47 Å². The number of ketones is 1. The highest BCUT2D eigenvalue weighted by atomic mass is 16.5. The highest BCUT2D eigenvalue weighted by Crippen LogP contribution is 2.17. The van der Waals surface area contributed by atoms with Crippen LogP contribution in [0.3, 0.4) is 0 Å². The molecule has 0 spiro atoms. The number of methoxy groups -OCH3 is 2. The van der Waals surface area contributed by atoms with Crippen LogP contribution in [0.2, 0.25) is 0 Å². The first-order valence-electron chi connectivity index (χ1n) is 15.8. The zero-order chi connectivity index (χ0) is 34.3. The molecule has 0 bridgehead atoms. The van der Waals surface area contributed by atoms with Gasteiger partial charge in [0, 0.05) is 20.6 Å². The summed E-state index contributed by atoms with van der Waals surface area (Å²) >= 11 is 0. The lowest BCUT2D eigenvalue weighted by atomic mass is 9.98. The maximum atomic E-state index is 12.3. The third-order valence-corrected chi connectivity index (χ3v) is 7.18. The quantitative estimate of drug-likeness (QED) is 0.107. The standard InChI is InChI=1S/C42H60O3/c1-34(22-15-24-36(3)25-17-27-38(5)29-19-32-41(7,8)44-11)20-13-14-21-35(2)23-16-26-37(4)28-18-30-39(6)40(43)31-33-42(9,10)45-12/h13-30H,31-33H2,1-12H3/b14-13+,22-15+,23-16+,25-17+,28-18+,29-19+,34-20+,35-21+,36-24+,37-26+,38-27+,39-30+. The number of carbonyl (C=O) groups is 1. The van der Waals surface area contributed by atoms with Crippen LogP contribution < -0.4 is 0 Å². The Morgan fingerprint density at radius 2 is 0.867 bits per heavy atom. The van der Waals surface area contributed by atoms with Crippen molar-refractivity contribution in [1.82, 2.24) is 0 Å². The van der Waals surface area contributed by atoms with Gasteiger partial charge in [-0.15, -0.1) is 0 Å². The van der Waals surface area contributed by atoms with Crippen LogP contribution >= 0.6 is 0 Å². The Hall–Kier alpha value is -3.53. The Labute approximate surface area is 276 Å². The predicted molar refractivity (Wildman–Crippen MR) is 198 cm³/mol. The maximum Gasteiger partial charge on any atom is 0.158 e. The molecule has 0 saturated heterocycles. The molecule has 0 aromatic rings. The van der Waals surface area contributed by atoms with E-state index in [0.29, 0.717) is 12.8 Å². The van der Waals surface area contributed by atoms with E-state index < -0.39 is 0 Å². The van der Waals surface area contributed by atoms with Crippen LogP contribution in [0.5, 0.6) is 0 Å². The predicted octanol–water partition coefficient (Wildman–Crippen LogP) is 11.6. The van der Waals surface area contributed by atoms with E-state index in [4.69, 9.17) is 9.47 Å². The van der Waals surface area contributed by atoms with Crippen molar-refractivity contribution in [2.75, 3.05) is 14.2 Å². The summed E-state index contributed by atoms with van der Waals surface area (Å²) in [6.07, 6.45) is 39.3. The number of ether oxygens (including phenoxy) is 2. The Balaban J connectivity index is 4.83. The molecule has 0 rings (SSSR count). The highest BCUT2D eigenvalue weighted by molar-refractivity contribution is 5.95. The molecule has 0 amide bonds. The van der Waals surface area contributed by atoms with Crippen LogP contribution in [0.1, 0.15) is 88.5 Å². The molecule has 0 unspecified atom stereocenters. The SMILES string of the molecule is COC(C)(C)C/C=C/C(C)=C/C=C/C(C)=C/C=C/C(C)=C/C=C/C=C(C)/C=C/C=C(C)/C=C/C=C(\C)C(=O)CCC(C)(C)OC. The molecule has 3 nitrogen and oxygen atoms in total. The molecule has 45 heavy (non-hydrogen) atoms. The van der Waals surface area contributed by atoms with Gasteiger partial charge in [0.15, 0.2) is 5.78 Å². The molecule has 0 aliphatic heterocycles.